The van der Waals surface area contributed by atoms with Crippen LogP contribution in [-0.4, -0.2) is 22.8 Å². The SMILES string of the molecule is CCOC(=O)/C([I+]c1ccccc1C(C)(C)O)=C(/O)c1ccccc1. The predicted octanol–water partition coefficient (Wildman–Crippen LogP) is 0.663. The number of hydrogen-bond donors (Lipinski definition) is 2. The first-order chi connectivity index (χ1) is 11.8. The average molecular weight is 453 g/mol. The van der Waals surface area contributed by atoms with Crippen LogP contribution in [0.25, 0.3) is 5.76 Å². The summed E-state index contributed by atoms with van der Waals surface area (Å²) in [5, 5.41) is 21.1. The Balaban J connectivity index is 2.51. The van der Waals surface area contributed by atoms with Crippen molar-refractivity contribution in [3.63, 3.8) is 0 Å². The van der Waals surface area contributed by atoms with Crippen LogP contribution in [0.1, 0.15) is 31.9 Å². The molecule has 0 radical (unpaired) electrons. The Morgan fingerprint density at radius 2 is 1.68 bits per heavy atom. The zero-order chi connectivity index (χ0) is 18.4. The predicted molar refractivity (Wildman–Crippen MR) is 93.0 cm³/mol. The lowest BCUT2D eigenvalue weighted by molar-refractivity contribution is -0.573. The van der Waals surface area contributed by atoms with Crippen molar-refractivity contribution in [2.75, 3.05) is 6.61 Å². The molecule has 132 valence electrons. The lowest BCUT2D eigenvalue weighted by atomic mass is 9.99. The lowest BCUT2D eigenvalue weighted by Crippen LogP contribution is -3.61. The summed E-state index contributed by atoms with van der Waals surface area (Å²) in [7, 11) is 0. The molecule has 5 heteroatoms. The van der Waals surface area contributed by atoms with Gasteiger partial charge in [-0.1, -0.05) is 48.5 Å². The van der Waals surface area contributed by atoms with Gasteiger partial charge in [0.1, 0.15) is 0 Å². The van der Waals surface area contributed by atoms with Gasteiger partial charge in [-0.3, -0.25) is 0 Å². The molecule has 0 unspecified atom stereocenters. The Morgan fingerprint density at radius 1 is 1.08 bits per heavy atom. The first kappa shape index (κ1) is 19.5. The molecular weight excluding hydrogens is 431 g/mol. The van der Waals surface area contributed by atoms with Crippen molar-refractivity contribution < 1.29 is 40.9 Å². The first-order valence-corrected chi connectivity index (χ1v) is 10.1. The van der Waals surface area contributed by atoms with Crippen molar-refractivity contribution in [2.24, 2.45) is 0 Å². The van der Waals surface area contributed by atoms with Gasteiger partial charge >= 0.3 is 30.8 Å². The zero-order valence-corrected chi connectivity index (χ0v) is 16.6. The average Bonchev–Trinajstić information content (AvgIpc) is 2.59. The molecule has 2 rings (SSSR count). The van der Waals surface area contributed by atoms with Gasteiger partial charge in [-0.15, -0.1) is 0 Å². The van der Waals surface area contributed by atoms with Crippen molar-refractivity contribution >= 4 is 11.7 Å². The first-order valence-electron chi connectivity index (χ1n) is 7.97. The summed E-state index contributed by atoms with van der Waals surface area (Å²) in [5.41, 5.74) is 0.301. The molecule has 4 nitrogen and oxygen atoms in total. The molecule has 25 heavy (non-hydrogen) atoms. The minimum Gasteiger partial charge on any atom is -0.503 e. The molecule has 2 aromatic rings. The number of esters is 1. The Kier molecular flexibility index (Phi) is 6.61. The number of halogens is 1. The molecular formula is C20H22IO4+. The number of carbonyl (C=O) groups is 1. The summed E-state index contributed by atoms with van der Waals surface area (Å²) in [4.78, 5) is 12.4. The van der Waals surface area contributed by atoms with Gasteiger partial charge in [-0.25, -0.2) is 4.79 Å². The molecule has 0 saturated carbocycles. The van der Waals surface area contributed by atoms with Crippen LogP contribution in [0.5, 0.6) is 0 Å². The third kappa shape index (κ3) is 5.06. The van der Waals surface area contributed by atoms with E-state index in [1.807, 2.05) is 30.3 Å². The summed E-state index contributed by atoms with van der Waals surface area (Å²) >= 11 is -1.05. The fraction of sp³-hybridized carbons (Fsp3) is 0.250. The van der Waals surface area contributed by atoms with Crippen LogP contribution in [-0.2, 0) is 15.1 Å². The quantitative estimate of drug-likeness (QED) is 0.292. The smallest absolute Gasteiger partial charge is 0.389 e. The summed E-state index contributed by atoms with van der Waals surface area (Å²) < 4.78 is 6.31. The van der Waals surface area contributed by atoms with Gasteiger partial charge in [0, 0.05) is 11.1 Å². The van der Waals surface area contributed by atoms with E-state index in [9.17, 15) is 15.0 Å². The monoisotopic (exact) mass is 453 g/mol. The fourth-order valence-electron chi connectivity index (χ4n) is 2.24. The number of ether oxygens (including phenoxy) is 1. The van der Waals surface area contributed by atoms with Gasteiger partial charge in [0.15, 0.2) is 5.76 Å². The van der Waals surface area contributed by atoms with Gasteiger partial charge in [0.05, 0.1) is 12.2 Å². The van der Waals surface area contributed by atoms with E-state index in [0.29, 0.717) is 5.56 Å². The van der Waals surface area contributed by atoms with E-state index in [-0.39, 0.29) is 15.9 Å². The molecule has 0 aliphatic rings. The molecule has 0 aromatic heterocycles. The zero-order valence-electron chi connectivity index (χ0n) is 14.5. The molecule has 0 fully saturated rings. The second-order valence-electron chi connectivity index (χ2n) is 5.88. The van der Waals surface area contributed by atoms with Crippen molar-refractivity contribution in [1.82, 2.24) is 0 Å². The molecule has 0 aliphatic heterocycles. The Morgan fingerprint density at radius 3 is 2.28 bits per heavy atom. The number of rotatable bonds is 6. The van der Waals surface area contributed by atoms with Crippen molar-refractivity contribution in [3.8, 4) is 0 Å². The summed E-state index contributed by atoms with van der Waals surface area (Å²) in [6.07, 6.45) is 0. The second-order valence-corrected chi connectivity index (χ2v) is 8.66. The van der Waals surface area contributed by atoms with Crippen LogP contribution in [0, 0.1) is 3.57 Å². The van der Waals surface area contributed by atoms with E-state index < -0.39 is 32.8 Å². The Bertz CT molecular complexity index is 761. The second kappa shape index (κ2) is 8.49. The fourth-order valence-corrected chi connectivity index (χ4v) is 5.28. The standard InChI is InChI=1S/C20H21IO4/c1-4-25-19(23)17(18(22)14-10-6-5-7-11-14)21-16-13-9-8-12-15(16)20(2,3)24/h5-13,24H,4H2,1-3H3/p+1. The maximum absolute atomic E-state index is 12.4. The van der Waals surface area contributed by atoms with E-state index in [4.69, 9.17) is 4.74 Å². The summed E-state index contributed by atoms with van der Waals surface area (Å²) in [6, 6.07) is 16.4. The highest BCUT2D eigenvalue weighted by molar-refractivity contribution is 5.92. The molecule has 0 spiro atoms. The van der Waals surface area contributed by atoms with E-state index in [1.54, 1.807) is 45.0 Å². The van der Waals surface area contributed by atoms with Gasteiger partial charge in [-0.2, -0.15) is 0 Å². The third-order valence-corrected chi connectivity index (χ3v) is 6.45. The van der Waals surface area contributed by atoms with Gasteiger partial charge < -0.3 is 14.9 Å². The van der Waals surface area contributed by atoms with Crippen LogP contribution in [0.4, 0.5) is 0 Å². The highest BCUT2D eigenvalue weighted by Gasteiger charge is 2.37. The summed E-state index contributed by atoms with van der Waals surface area (Å²) in [6.45, 7) is 5.39. The molecule has 0 atom stereocenters. The van der Waals surface area contributed by atoms with Crippen molar-refractivity contribution in [2.45, 2.75) is 26.4 Å². The molecule has 0 aliphatic carbocycles. The molecule has 0 amide bonds. The van der Waals surface area contributed by atoms with E-state index in [1.165, 1.54) is 0 Å². The van der Waals surface area contributed by atoms with Crippen molar-refractivity contribution in [1.29, 1.82) is 0 Å². The van der Waals surface area contributed by atoms with E-state index >= 15 is 0 Å². The van der Waals surface area contributed by atoms with Crippen LogP contribution in [0.3, 0.4) is 0 Å². The van der Waals surface area contributed by atoms with Crippen LogP contribution < -0.4 is 21.2 Å². The largest absolute Gasteiger partial charge is 0.503 e. The van der Waals surface area contributed by atoms with Crippen molar-refractivity contribution in [3.05, 3.63) is 72.9 Å². The molecule has 0 bridgehead atoms. The molecule has 0 heterocycles. The minimum absolute atomic E-state index is 0.0580. The molecule has 2 aromatic carbocycles. The topological polar surface area (TPSA) is 66.8 Å². The van der Waals surface area contributed by atoms with E-state index in [2.05, 4.69) is 0 Å². The molecule has 2 N–H and O–H groups in total. The summed E-state index contributed by atoms with van der Waals surface area (Å²) in [5.74, 6) is -0.570. The highest BCUT2D eigenvalue weighted by atomic mass is 127. The van der Waals surface area contributed by atoms with Gasteiger partial charge in [-0.05, 0) is 26.8 Å². The van der Waals surface area contributed by atoms with E-state index in [0.717, 1.165) is 9.13 Å². The van der Waals surface area contributed by atoms with Crippen LogP contribution in [0.2, 0.25) is 0 Å². The third-order valence-electron chi connectivity index (χ3n) is 3.44. The lowest BCUT2D eigenvalue weighted by Gasteiger charge is -2.17. The van der Waals surface area contributed by atoms with Gasteiger partial charge in [0.25, 0.3) is 0 Å². The maximum Gasteiger partial charge on any atom is 0.389 e. The number of carbonyl (C=O) groups excluding carboxylic acids is 1. The number of aliphatic hydroxyl groups excluding tert-OH is 1. The normalized spacial score (nSPS) is 12.5. The Hall–Kier alpha value is -1.86. The van der Waals surface area contributed by atoms with Gasteiger partial charge in [0.2, 0.25) is 3.57 Å². The Labute approximate surface area is 158 Å². The number of benzene rings is 2. The highest BCUT2D eigenvalue weighted by Crippen LogP contribution is 2.19. The van der Waals surface area contributed by atoms with Crippen LogP contribution >= 0.6 is 0 Å². The van der Waals surface area contributed by atoms with Crippen LogP contribution in [0.15, 0.2) is 58.2 Å². The number of hydrogen-bond acceptors (Lipinski definition) is 4. The number of aliphatic hydroxyl groups is 2. The maximum atomic E-state index is 12.4. The minimum atomic E-state index is -1.05. The molecule has 0 saturated heterocycles.